The summed E-state index contributed by atoms with van der Waals surface area (Å²) in [7, 11) is 0. The highest BCUT2D eigenvalue weighted by molar-refractivity contribution is 6.30. The van der Waals surface area contributed by atoms with E-state index >= 15 is 0 Å². The standard InChI is InChI=1S/C20H21ClN4O/c1-2-3-19-18(14-24-25(19)17-6-4-16(21)5-7-17)20(26)23-13-10-15-8-11-22-12-9-15/h4-9,11-12,14H,2-3,10,13H2,1H3,(H,23,26). The fourth-order valence-electron chi connectivity index (χ4n) is 2.81. The van der Waals surface area contributed by atoms with E-state index in [-0.39, 0.29) is 5.91 Å². The van der Waals surface area contributed by atoms with Crippen molar-refractivity contribution in [2.24, 2.45) is 0 Å². The summed E-state index contributed by atoms with van der Waals surface area (Å²) in [4.78, 5) is 16.6. The van der Waals surface area contributed by atoms with Gasteiger partial charge in [0.15, 0.2) is 0 Å². The number of rotatable bonds is 7. The van der Waals surface area contributed by atoms with Crippen molar-refractivity contribution in [3.63, 3.8) is 0 Å². The molecule has 0 aliphatic rings. The molecule has 0 spiro atoms. The fraction of sp³-hybridized carbons (Fsp3) is 0.250. The second-order valence-electron chi connectivity index (χ2n) is 6.00. The maximum absolute atomic E-state index is 12.6. The van der Waals surface area contributed by atoms with Crippen LogP contribution < -0.4 is 5.32 Å². The summed E-state index contributed by atoms with van der Waals surface area (Å²) in [5.41, 5.74) is 3.58. The number of carbonyl (C=O) groups is 1. The van der Waals surface area contributed by atoms with Crippen molar-refractivity contribution in [1.82, 2.24) is 20.1 Å². The largest absolute Gasteiger partial charge is 0.352 e. The van der Waals surface area contributed by atoms with Crippen molar-refractivity contribution in [2.75, 3.05) is 6.54 Å². The number of benzene rings is 1. The lowest BCUT2D eigenvalue weighted by atomic mass is 10.1. The molecule has 0 aliphatic heterocycles. The van der Waals surface area contributed by atoms with Gasteiger partial charge in [-0.25, -0.2) is 4.68 Å². The van der Waals surface area contributed by atoms with Crippen LogP contribution >= 0.6 is 11.6 Å². The molecule has 0 atom stereocenters. The maximum Gasteiger partial charge on any atom is 0.254 e. The molecule has 26 heavy (non-hydrogen) atoms. The third-order valence-corrected chi connectivity index (χ3v) is 4.37. The number of pyridine rings is 1. The minimum absolute atomic E-state index is 0.0947. The minimum Gasteiger partial charge on any atom is -0.352 e. The summed E-state index contributed by atoms with van der Waals surface area (Å²) < 4.78 is 1.82. The van der Waals surface area contributed by atoms with Crippen molar-refractivity contribution in [1.29, 1.82) is 0 Å². The molecule has 0 fully saturated rings. The van der Waals surface area contributed by atoms with E-state index in [1.54, 1.807) is 18.6 Å². The monoisotopic (exact) mass is 368 g/mol. The highest BCUT2D eigenvalue weighted by Gasteiger charge is 2.17. The minimum atomic E-state index is -0.0947. The Labute approximate surface area is 158 Å². The van der Waals surface area contributed by atoms with E-state index in [4.69, 9.17) is 11.6 Å². The van der Waals surface area contributed by atoms with Crippen molar-refractivity contribution in [2.45, 2.75) is 26.2 Å². The van der Waals surface area contributed by atoms with E-state index in [9.17, 15) is 4.79 Å². The van der Waals surface area contributed by atoms with Crippen molar-refractivity contribution < 1.29 is 4.79 Å². The number of hydrogen-bond donors (Lipinski definition) is 1. The zero-order valence-electron chi connectivity index (χ0n) is 14.7. The Morgan fingerprint density at radius 2 is 1.85 bits per heavy atom. The molecule has 134 valence electrons. The number of nitrogens with one attached hydrogen (secondary N) is 1. The number of halogens is 1. The summed E-state index contributed by atoms with van der Waals surface area (Å²) in [5, 5.41) is 8.09. The summed E-state index contributed by atoms with van der Waals surface area (Å²) in [6.45, 7) is 2.66. The van der Waals surface area contributed by atoms with Crippen LogP contribution in [0.4, 0.5) is 0 Å². The fourth-order valence-corrected chi connectivity index (χ4v) is 2.94. The summed E-state index contributed by atoms with van der Waals surface area (Å²) >= 11 is 5.97. The van der Waals surface area contributed by atoms with Gasteiger partial charge in [-0.2, -0.15) is 5.10 Å². The van der Waals surface area contributed by atoms with Gasteiger partial charge in [-0.05, 0) is 54.8 Å². The van der Waals surface area contributed by atoms with Gasteiger partial charge in [-0.15, -0.1) is 0 Å². The third-order valence-electron chi connectivity index (χ3n) is 4.12. The molecule has 0 saturated heterocycles. The molecule has 0 radical (unpaired) electrons. The van der Waals surface area contributed by atoms with Crippen molar-refractivity contribution in [3.8, 4) is 5.69 Å². The van der Waals surface area contributed by atoms with E-state index in [1.807, 2.05) is 41.1 Å². The molecule has 0 saturated carbocycles. The third kappa shape index (κ3) is 4.29. The Morgan fingerprint density at radius 1 is 1.12 bits per heavy atom. The van der Waals surface area contributed by atoms with Gasteiger partial charge in [-0.3, -0.25) is 9.78 Å². The second kappa shape index (κ2) is 8.63. The quantitative estimate of drug-likeness (QED) is 0.689. The van der Waals surface area contributed by atoms with Crippen LogP contribution in [0.5, 0.6) is 0 Å². The van der Waals surface area contributed by atoms with Crippen LogP contribution in [0.3, 0.4) is 0 Å². The average Bonchev–Trinajstić information content (AvgIpc) is 3.07. The molecule has 2 aromatic heterocycles. The Morgan fingerprint density at radius 3 is 2.54 bits per heavy atom. The zero-order valence-corrected chi connectivity index (χ0v) is 15.4. The van der Waals surface area contributed by atoms with Crippen LogP contribution in [0.2, 0.25) is 5.02 Å². The molecule has 1 aromatic carbocycles. The van der Waals surface area contributed by atoms with Gasteiger partial charge in [0, 0.05) is 24.0 Å². The van der Waals surface area contributed by atoms with E-state index < -0.39 is 0 Å². The molecular weight excluding hydrogens is 348 g/mol. The molecule has 6 heteroatoms. The first-order valence-electron chi connectivity index (χ1n) is 8.69. The maximum atomic E-state index is 12.6. The number of carbonyl (C=O) groups excluding carboxylic acids is 1. The van der Waals surface area contributed by atoms with Crippen LogP contribution in [0.15, 0.2) is 55.0 Å². The van der Waals surface area contributed by atoms with Gasteiger partial charge in [0.25, 0.3) is 5.91 Å². The highest BCUT2D eigenvalue weighted by Crippen LogP contribution is 2.19. The molecule has 1 amide bonds. The summed E-state index contributed by atoms with van der Waals surface area (Å²) in [6.07, 6.45) is 7.62. The first-order chi connectivity index (χ1) is 12.7. The predicted molar refractivity (Wildman–Crippen MR) is 103 cm³/mol. The van der Waals surface area contributed by atoms with Gasteiger partial charge in [0.1, 0.15) is 0 Å². The van der Waals surface area contributed by atoms with Crippen molar-refractivity contribution in [3.05, 3.63) is 76.8 Å². The van der Waals surface area contributed by atoms with Crippen LogP contribution in [0, 0.1) is 0 Å². The normalized spacial score (nSPS) is 10.7. The van der Waals surface area contributed by atoms with Crippen LogP contribution in [0.1, 0.15) is 35.0 Å². The van der Waals surface area contributed by atoms with E-state index in [2.05, 4.69) is 22.3 Å². The molecule has 1 N–H and O–H groups in total. The molecule has 0 bridgehead atoms. The summed E-state index contributed by atoms with van der Waals surface area (Å²) in [6, 6.07) is 11.4. The van der Waals surface area contributed by atoms with Gasteiger partial charge in [0.2, 0.25) is 0 Å². The van der Waals surface area contributed by atoms with Gasteiger partial charge >= 0.3 is 0 Å². The first-order valence-corrected chi connectivity index (χ1v) is 9.06. The lowest BCUT2D eigenvalue weighted by molar-refractivity contribution is 0.0953. The average molecular weight is 369 g/mol. The molecule has 3 rings (SSSR count). The van der Waals surface area contributed by atoms with Gasteiger partial charge < -0.3 is 5.32 Å². The molecular formula is C20H21ClN4O. The first kappa shape index (κ1) is 18.1. The number of nitrogens with zero attached hydrogens (tertiary/aromatic N) is 3. The summed E-state index contributed by atoms with van der Waals surface area (Å²) in [5.74, 6) is -0.0947. The molecule has 0 unspecified atom stereocenters. The lowest BCUT2D eigenvalue weighted by Crippen LogP contribution is -2.26. The molecule has 5 nitrogen and oxygen atoms in total. The number of amides is 1. The Hall–Kier alpha value is -2.66. The molecule has 2 heterocycles. The SMILES string of the molecule is CCCc1c(C(=O)NCCc2ccncc2)cnn1-c1ccc(Cl)cc1. The van der Waals surface area contributed by atoms with Crippen molar-refractivity contribution >= 4 is 17.5 Å². The number of hydrogen-bond acceptors (Lipinski definition) is 3. The smallest absolute Gasteiger partial charge is 0.254 e. The van der Waals surface area contributed by atoms with Crippen LogP contribution in [0.25, 0.3) is 5.69 Å². The van der Waals surface area contributed by atoms with Crippen LogP contribution in [-0.2, 0) is 12.8 Å². The Bertz CT molecular complexity index is 859. The van der Waals surface area contributed by atoms with E-state index in [1.165, 1.54) is 0 Å². The highest BCUT2D eigenvalue weighted by atomic mass is 35.5. The molecule has 0 aliphatic carbocycles. The predicted octanol–water partition coefficient (Wildman–Crippen LogP) is 3.85. The Balaban J connectivity index is 1.74. The van der Waals surface area contributed by atoms with Gasteiger partial charge in [0.05, 0.1) is 23.1 Å². The molecule has 3 aromatic rings. The topological polar surface area (TPSA) is 59.8 Å². The lowest BCUT2D eigenvalue weighted by Gasteiger charge is -2.10. The van der Waals surface area contributed by atoms with Crippen LogP contribution in [-0.4, -0.2) is 27.2 Å². The number of aromatic nitrogens is 3. The second-order valence-corrected chi connectivity index (χ2v) is 6.44. The van der Waals surface area contributed by atoms with E-state index in [0.717, 1.165) is 36.2 Å². The zero-order chi connectivity index (χ0) is 18.4. The van der Waals surface area contributed by atoms with Gasteiger partial charge in [-0.1, -0.05) is 24.9 Å². The Kier molecular flexibility index (Phi) is 6.02. The van der Waals surface area contributed by atoms with E-state index in [0.29, 0.717) is 17.1 Å².